The predicted octanol–water partition coefficient (Wildman–Crippen LogP) is 4.38. The van der Waals surface area contributed by atoms with E-state index in [9.17, 15) is 9.59 Å². The van der Waals surface area contributed by atoms with Crippen molar-refractivity contribution in [1.82, 2.24) is 19.9 Å². The fraction of sp³-hybridized carbons (Fsp3) is 0.400. The molecule has 0 aliphatic heterocycles. The standard InChI is InChI=1S/C20H23N5O3S2/c1-4-6-7-11-25(20-23-13(3)15(30-20)19(27)28-5-2)18(26)14-12-29-17(24-14)16-21-9-8-10-22-16/h8-10,12H,4-7,11H2,1-3H3. The van der Waals surface area contributed by atoms with Crippen LogP contribution in [0.15, 0.2) is 23.8 Å². The molecule has 10 heteroatoms. The molecule has 0 spiro atoms. The highest BCUT2D eigenvalue weighted by Crippen LogP contribution is 2.29. The van der Waals surface area contributed by atoms with Crippen molar-refractivity contribution in [3.05, 3.63) is 40.1 Å². The van der Waals surface area contributed by atoms with Crippen LogP contribution in [-0.2, 0) is 4.74 Å². The molecule has 0 fully saturated rings. The van der Waals surface area contributed by atoms with Crippen LogP contribution in [0.4, 0.5) is 5.13 Å². The van der Waals surface area contributed by atoms with Crippen molar-refractivity contribution in [3.63, 3.8) is 0 Å². The van der Waals surface area contributed by atoms with Gasteiger partial charge in [-0.2, -0.15) is 0 Å². The lowest BCUT2D eigenvalue weighted by Crippen LogP contribution is -2.32. The van der Waals surface area contributed by atoms with Gasteiger partial charge in [0.1, 0.15) is 10.6 Å². The average molecular weight is 446 g/mol. The summed E-state index contributed by atoms with van der Waals surface area (Å²) in [5, 5.41) is 2.75. The Morgan fingerprint density at radius 1 is 1.13 bits per heavy atom. The van der Waals surface area contributed by atoms with E-state index in [-0.39, 0.29) is 12.5 Å². The summed E-state index contributed by atoms with van der Waals surface area (Å²) in [5.41, 5.74) is 0.864. The molecule has 3 aromatic heterocycles. The van der Waals surface area contributed by atoms with Crippen LogP contribution in [-0.4, -0.2) is 45.0 Å². The molecule has 3 aromatic rings. The van der Waals surface area contributed by atoms with Crippen LogP contribution in [0.5, 0.6) is 0 Å². The van der Waals surface area contributed by atoms with Gasteiger partial charge in [0.15, 0.2) is 16.0 Å². The Balaban J connectivity index is 1.88. The Morgan fingerprint density at radius 2 is 1.90 bits per heavy atom. The third-order valence-corrected chi connectivity index (χ3v) is 6.19. The van der Waals surface area contributed by atoms with Gasteiger partial charge in [0.25, 0.3) is 5.91 Å². The van der Waals surface area contributed by atoms with Crippen LogP contribution in [0.2, 0.25) is 0 Å². The topological polar surface area (TPSA) is 98.2 Å². The third-order valence-electron chi connectivity index (χ3n) is 4.19. The van der Waals surface area contributed by atoms with Crippen LogP contribution in [0.3, 0.4) is 0 Å². The minimum absolute atomic E-state index is 0.256. The van der Waals surface area contributed by atoms with Gasteiger partial charge in [-0.3, -0.25) is 9.69 Å². The first-order valence-corrected chi connectivity index (χ1v) is 11.4. The van der Waals surface area contributed by atoms with Crippen LogP contribution in [0.25, 0.3) is 10.8 Å². The number of unbranched alkanes of at least 4 members (excludes halogenated alkanes) is 2. The molecule has 1 amide bonds. The molecular weight excluding hydrogens is 422 g/mol. The number of hydrogen-bond donors (Lipinski definition) is 0. The molecule has 0 aromatic carbocycles. The average Bonchev–Trinajstić information content (AvgIpc) is 3.39. The molecule has 0 bridgehead atoms. The van der Waals surface area contributed by atoms with Crippen molar-refractivity contribution in [2.24, 2.45) is 0 Å². The fourth-order valence-electron chi connectivity index (χ4n) is 2.71. The molecule has 158 valence electrons. The minimum atomic E-state index is -0.420. The zero-order valence-corrected chi connectivity index (χ0v) is 18.8. The summed E-state index contributed by atoms with van der Waals surface area (Å²) < 4.78 is 5.10. The molecule has 0 unspecified atom stereocenters. The maximum Gasteiger partial charge on any atom is 0.350 e. The van der Waals surface area contributed by atoms with E-state index in [2.05, 4.69) is 26.9 Å². The van der Waals surface area contributed by atoms with Gasteiger partial charge in [-0.15, -0.1) is 11.3 Å². The summed E-state index contributed by atoms with van der Waals surface area (Å²) >= 11 is 2.49. The molecule has 30 heavy (non-hydrogen) atoms. The lowest BCUT2D eigenvalue weighted by molar-refractivity contribution is 0.0531. The second kappa shape index (κ2) is 10.4. The lowest BCUT2D eigenvalue weighted by atomic mass is 10.2. The van der Waals surface area contributed by atoms with E-state index < -0.39 is 5.97 Å². The summed E-state index contributed by atoms with van der Waals surface area (Å²) in [4.78, 5) is 44.8. The highest BCUT2D eigenvalue weighted by atomic mass is 32.1. The van der Waals surface area contributed by atoms with E-state index in [1.165, 1.54) is 22.7 Å². The summed E-state index contributed by atoms with van der Waals surface area (Å²) in [6.07, 6.45) is 6.11. The number of carbonyl (C=O) groups excluding carboxylic acids is 2. The Bertz CT molecular complexity index is 1000. The maximum atomic E-state index is 13.3. The fourth-order valence-corrected chi connectivity index (χ4v) is 4.43. The zero-order valence-electron chi connectivity index (χ0n) is 17.1. The second-order valence-corrected chi connectivity index (χ2v) is 8.24. The first-order valence-electron chi connectivity index (χ1n) is 9.74. The van der Waals surface area contributed by atoms with E-state index in [1.807, 2.05) is 0 Å². The van der Waals surface area contributed by atoms with Gasteiger partial charge in [-0.25, -0.2) is 24.7 Å². The predicted molar refractivity (Wildman–Crippen MR) is 117 cm³/mol. The van der Waals surface area contributed by atoms with E-state index in [4.69, 9.17) is 4.74 Å². The smallest absolute Gasteiger partial charge is 0.350 e. The molecular formula is C20H23N5O3S2. The van der Waals surface area contributed by atoms with Gasteiger partial charge in [0.2, 0.25) is 0 Å². The Kier molecular flexibility index (Phi) is 7.58. The molecule has 0 aliphatic carbocycles. The van der Waals surface area contributed by atoms with E-state index in [1.54, 1.807) is 42.6 Å². The molecule has 3 rings (SSSR count). The first-order chi connectivity index (χ1) is 14.5. The molecule has 0 radical (unpaired) electrons. The number of thiazole rings is 2. The van der Waals surface area contributed by atoms with Crippen LogP contribution < -0.4 is 4.90 Å². The molecule has 0 atom stereocenters. The van der Waals surface area contributed by atoms with Gasteiger partial charge < -0.3 is 4.74 Å². The van der Waals surface area contributed by atoms with Gasteiger partial charge in [0.05, 0.1) is 12.3 Å². The van der Waals surface area contributed by atoms with Crippen LogP contribution in [0, 0.1) is 6.92 Å². The van der Waals surface area contributed by atoms with Crippen molar-refractivity contribution in [3.8, 4) is 10.8 Å². The highest BCUT2D eigenvalue weighted by Gasteiger charge is 2.26. The van der Waals surface area contributed by atoms with Crippen molar-refractivity contribution >= 4 is 39.7 Å². The first kappa shape index (κ1) is 22.0. The van der Waals surface area contributed by atoms with Crippen molar-refractivity contribution in [2.45, 2.75) is 40.0 Å². The van der Waals surface area contributed by atoms with E-state index in [0.29, 0.717) is 38.8 Å². The van der Waals surface area contributed by atoms with Crippen molar-refractivity contribution < 1.29 is 14.3 Å². The number of amides is 1. The number of anilines is 1. The lowest BCUT2D eigenvalue weighted by Gasteiger charge is -2.18. The monoisotopic (exact) mass is 445 g/mol. The van der Waals surface area contributed by atoms with Gasteiger partial charge in [-0.05, 0) is 26.3 Å². The molecule has 3 heterocycles. The number of ether oxygens (including phenoxy) is 1. The molecule has 8 nitrogen and oxygen atoms in total. The number of carbonyl (C=O) groups is 2. The summed E-state index contributed by atoms with van der Waals surface area (Å²) in [7, 11) is 0. The molecule has 0 saturated carbocycles. The number of aryl methyl sites for hydroxylation is 1. The van der Waals surface area contributed by atoms with Gasteiger partial charge >= 0.3 is 5.97 Å². The summed E-state index contributed by atoms with van der Waals surface area (Å²) in [6, 6.07) is 1.73. The van der Waals surface area contributed by atoms with Crippen LogP contribution >= 0.6 is 22.7 Å². The van der Waals surface area contributed by atoms with Crippen LogP contribution in [0.1, 0.15) is 59.0 Å². The number of aromatic nitrogens is 4. The number of nitrogens with zero attached hydrogens (tertiary/aromatic N) is 5. The second-order valence-electron chi connectivity index (χ2n) is 6.41. The van der Waals surface area contributed by atoms with E-state index in [0.717, 1.165) is 19.3 Å². The minimum Gasteiger partial charge on any atom is -0.462 e. The van der Waals surface area contributed by atoms with Crippen molar-refractivity contribution in [1.29, 1.82) is 0 Å². The van der Waals surface area contributed by atoms with E-state index >= 15 is 0 Å². The van der Waals surface area contributed by atoms with Gasteiger partial charge in [0, 0.05) is 24.3 Å². The number of rotatable bonds is 9. The Morgan fingerprint density at radius 3 is 2.60 bits per heavy atom. The number of hydrogen-bond acceptors (Lipinski definition) is 9. The number of esters is 1. The molecule has 0 N–H and O–H groups in total. The van der Waals surface area contributed by atoms with Gasteiger partial charge in [-0.1, -0.05) is 31.1 Å². The summed E-state index contributed by atoms with van der Waals surface area (Å²) in [5.74, 6) is -0.195. The zero-order chi connectivity index (χ0) is 21.5. The SMILES string of the molecule is CCCCCN(C(=O)c1csc(-c2ncccn2)n1)c1nc(C)c(C(=O)OCC)s1. The summed E-state index contributed by atoms with van der Waals surface area (Å²) in [6.45, 7) is 6.39. The third kappa shape index (κ3) is 5.06. The normalized spacial score (nSPS) is 10.8. The highest BCUT2D eigenvalue weighted by molar-refractivity contribution is 7.17. The Labute approximate surface area is 183 Å². The molecule has 0 aliphatic rings. The largest absolute Gasteiger partial charge is 0.462 e. The molecule has 0 saturated heterocycles. The maximum absolute atomic E-state index is 13.3. The van der Waals surface area contributed by atoms with Crippen molar-refractivity contribution in [2.75, 3.05) is 18.1 Å². The Hall–Kier alpha value is -2.72. The quantitative estimate of drug-likeness (QED) is 0.356.